The highest BCUT2D eigenvalue weighted by Gasteiger charge is 2.24. The molecule has 1 fully saturated rings. The van der Waals surface area contributed by atoms with Gasteiger partial charge in [0.05, 0.1) is 11.4 Å². The predicted octanol–water partition coefficient (Wildman–Crippen LogP) is 4.62. The van der Waals surface area contributed by atoms with Crippen LogP contribution >= 0.6 is 23.2 Å². The predicted molar refractivity (Wildman–Crippen MR) is 125 cm³/mol. The number of halogens is 2. The maximum Gasteiger partial charge on any atom is 0.262 e. The maximum absolute atomic E-state index is 12.5. The van der Waals surface area contributed by atoms with E-state index >= 15 is 0 Å². The van der Waals surface area contributed by atoms with Gasteiger partial charge in [-0.2, -0.15) is 0 Å². The van der Waals surface area contributed by atoms with Gasteiger partial charge in [-0.1, -0.05) is 37.0 Å². The lowest BCUT2D eigenvalue weighted by Gasteiger charge is -2.37. The molecule has 0 bridgehead atoms. The van der Waals surface area contributed by atoms with Crippen molar-refractivity contribution in [3.05, 3.63) is 52.0 Å². The Labute approximate surface area is 193 Å². The lowest BCUT2D eigenvalue weighted by atomic mass is 10.1. The van der Waals surface area contributed by atoms with E-state index in [1.807, 2.05) is 31.7 Å². The summed E-state index contributed by atoms with van der Waals surface area (Å²) in [5, 5.41) is 4.08. The second-order valence-corrected chi connectivity index (χ2v) is 8.72. The van der Waals surface area contributed by atoms with Crippen molar-refractivity contribution in [1.29, 1.82) is 0 Å². The molecule has 1 heterocycles. The zero-order valence-electron chi connectivity index (χ0n) is 18.0. The molecule has 0 aliphatic carbocycles. The quantitative estimate of drug-likeness (QED) is 0.678. The molecule has 0 spiro atoms. The third-order valence-electron chi connectivity index (χ3n) is 5.16. The SMILES string of the molecule is Cc1cc(OCC(=O)Nc2cc(Cl)ccc2N2CCN(C(=O)C(C)C)CC2)ccc1Cl. The Balaban J connectivity index is 1.64. The monoisotopic (exact) mass is 463 g/mol. The Morgan fingerprint density at radius 3 is 2.42 bits per heavy atom. The van der Waals surface area contributed by atoms with Crippen LogP contribution in [0.15, 0.2) is 36.4 Å². The number of ether oxygens (including phenoxy) is 1. The number of hydrogen-bond donors (Lipinski definition) is 1. The van der Waals surface area contributed by atoms with Crippen molar-refractivity contribution < 1.29 is 14.3 Å². The number of amides is 2. The van der Waals surface area contributed by atoms with E-state index in [0.717, 1.165) is 11.3 Å². The van der Waals surface area contributed by atoms with E-state index in [-0.39, 0.29) is 24.3 Å². The Hall–Kier alpha value is -2.44. The lowest BCUT2D eigenvalue weighted by Crippen LogP contribution is -2.50. The third-order valence-corrected chi connectivity index (χ3v) is 5.82. The summed E-state index contributed by atoms with van der Waals surface area (Å²) in [5.74, 6) is 0.444. The van der Waals surface area contributed by atoms with Crippen molar-refractivity contribution in [1.82, 2.24) is 4.90 Å². The number of benzene rings is 2. The van der Waals surface area contributed by atoms with Gasteiger partial charge in [-0.05, 0) is 48.9 Å². The largest absolute Gasteiger partial charge is 0.484 e. The van der Waals surface area contributed by atoms with Gasteiger partial charge in [0.2, 0.25) is 5.91 Å². The minimum atomic E-state index is -0.287. The molecule has 31 heavy (non-hydrogen) atoms. The minimum absolute atomic E-state index is 0.0126. The van der Waals surface area contributed by atoms with Gasteiger partial charge in [-0.3, -0.25) is 9.59 Å². The van der Waals surface area contributed by atoms with Crippen LogP contribution in [0.2, 0.25) is 10.0 Å². The number of nitrogens with one attached hydrogen (secondary N) is 1. The highest BCUT2D eigenvalue weighted by molar-refractivity contribution is 6.31. The zero-order chi connectivity index (χ0) is 22.5. The van der Waals surface area contributed by atoms with Gasteiger partial charge in [-0.25, -0.2) is 0 Å². The van der Waals surface area contributed by atoms with Crippen LogP contribution in [0, 0.1) is 12.8 Å². The summed E-state index contributed by atoms with van der Waals surface area (Å²) in [6, 6.07) is 10.7. The van der Waals surface area contributed by atoms with Crippen LogP contribution in [0.3, 0.4) is 0 Å². The van der Waals surface area contributed by atoms with Crippen molar-refractivity contribution in [2.24, 2.45) is 5.92 Å². The van der Waals surface area contributed by atoms with Crippen molar-refractivity contribution in [2.45, 2.75) is 20.8 Å². The van der Waals surface area contributed by atoms with Gasteiger partial charge in [0.1, 0.15) is 5.75 Å². The summed E-state index contributed by atoms with van der Waals surface area (Å²) in [4.78, 5) is 28.8. The van der Waals surface area contributed by atoms with Gasteiger partial charge in [0.15, 0.2) is 6.61 Å². The molecule has 0 saturated carbocycles. The number of anilines is 2. The Kier molecular flexibility index (Phi) is 7.68. The van der Waals surface area contributed by atoms with Crippen LogP contribution < -0.4 is 15.0 Å². The topological polar surface area (TPSA) is 61.9 Å². The average molecular weight is 464 g/mol. The molecule has 0 radical (unpaired) electrons. The first kappa shape index (κ1) is 23.2. The molecule has 0 atom stereocenters. The summed E-state index contributed by atoms with van der Waals surface area (Å²) >= 11 is 12.2. The van der Waals surface area contributed by atoms with Gasteiger partial charge in [0.25, 0.3) is 5.91 Å². The lowest BCUT2D eigenvalue weighted by molar-refractivity contribution is -0.134. The summed E-state index contributed by atoms with van der Waals surface area (Å²) in [5.41, 5.74) is 2.38. The van der Waals surface area contributed by atoms with Crippen molar-refractivity contribution >= 4 is 46.4 Å². The molecular formula is C23H27Cl2N3O3. The normalized spacial score (nSPS) is 14.0. The van der Waals surface area contributed by atoms with E-state index < -0.39 is 0 Å². The van der Waals surface area contributed by atoms with Gasteiger partial charge < -0.3 is 19.9 Å². The molecule has 1 N–H and O–H groups in total. The van der Waals surface area contributed by atoms with E-state index in [9.17, 15) is 9.59 Å². The average Bonchev–Trinajstić information content (AvgIpc) is 2.74. The fourth-order valence-corrected chi connectivity index (χ4v) is 3.75. The van der Waals surface area contributed by atoms with E-state index in [1.54, 1.807) is 30.3 Å². The Morgan fingerprint density at radius 1 is 1.06 bits per heavy atom. The van der Waals surface area contributed by atoms with Crippen LogP contribution in [-0.2, 0) is 9.59 Å². The summed E-state index contributed by atoms with van der Waals surface area (Å²) in [7, 11) is 0. The summed E-state index contributed by atoms with van der Waals surface area (Å²) < 4.78 is 5.59. The first-order valence-electron chi connectivity index (χ1n) is 10.3. The van der Waals surface area contributed by atoms with E-state index in [1.165, 1.54) is 0 Å². The molecule has 2 aromatic rings. The first-order valence-corrected chi connectivity index (χ1v) is 11.0. The van der Waals surface area contributed by atoms with Crippen LogP contribution in [0.1, 0.15) is 19.4 Å². The standard InChI is InChI=1S/C23H27Cl2N3O3/c1-15(2)23(30)28-10-8-27(9-11-28)21-7-4-17(24)13-20(21)26-22(29)14-31-18-5-6-19(25)16(3)12-18/h4-7,12-13,15H,8-11,14H2,1-3H3,(H,26,29). The molecule has 166 valence electrons. The van der Waals surface area contributed by atoms with Gasteiger partial charge >= 0.3 is 0 Å². The van der Waals surface area contributed by atoms with E-state index in [2.05, 4.69) is 10.2 Å². The second kappa shape index (κ2) is 10.2. The fraction of sp³-hybridized carbons (Fsp3) is 0.391. The smallest absolute Gasteiger partial charge is 0.262 e. The molecule has 0 unspecified atom stereocenters. The highest BCUT2D eigenvalue weighted by atomic mass is 35.5. The van der Waals surface area contributed by atoms with Crippen molar-refractivity contribution in [2.75, 3.05) is 43.0 Å². The maximum atomic E-state index is 12.5. The number of piperazine rings is 1. The molecule has 1 saturated heterocycles. The minimum Gasteiger partial charge on any atom is -0.484 e. The highest BCUT2D eigenvalue weighted by Crippen LogP contribution is 2.30. The third kappa shape index (κ3) is 6.05. The molecule has 1 aliphatic heterocycles. The molecule has 3 rings (SSSR count). The molecule has 6 nitrogen and oxygen atoms in total. The number of carbonyl (C=O) groups is 2. The Bertz CT molecular complexity index is 957. The van der Waals surface area contributed by atoms with E-state index in [0.29, 0.717) is 47.7 Å². The van der Waals surface area contributed by atoms with Crippen LogP contribution in [-0.4, -0.2) is 49.5 Å². The van der Waals surface area contributed by atoms with E-state index in [4.69, 9.17) is 27.9 Å². The van der Waals surface area contributed by atoms with Crippen LogP contribution in [0.5, 0.6) is 5.75 Å². The molecule has 0 aromatic heterocycles. The van der Waals surface area contributed by atoms with Crippen molar-refractivity contribution in [3.63, 3.8) is 0 Å². The fourth-order valence-electron chi connectivity index (χ4n) is 3.46. The van der Waals surface area contributed by atoms with Gasteiger partial charge in [0, 0.05) is 42.1 Å². The molecule has 1 aliphatic rings. The second-order valence-electron chi connectivity index (χ2n) is 7.88. The number of aryl methyl sites for hydroxylation is 1. The molecule has 2 amide bonds. The molecule has 2 aromatic carbocycles. The zero-order valence-corrected chi connectivity index (χ0v) is 19.5. The van der Waals surface area contributed by atoms with Crippen LogP contribution in [0.25, 0.3) is 0 Å². The van der Waals surface area contributed by atoms with Crippen LogP contribution in [0.4, 0.5) is 11.4 Å². The summed E-state index contributed by atoms with van der Waals surface area (Å²) in [6.45, 7) is 8.22. The summed E-state index contributed by atoms with van der Waals surface area (Å²) in [6.07, 6.45) is 0. The Morgan fingerprint density at radius 2 is 1.77 bits per heavy atom. The number of hydrogen-bond acceptors (Lipinski definition) is 4. The molecular weight excluding hydrogens is 437 g/mol. The van der Waals surface area contributed by atoms with Crippen molar-refractivity contribution in [3.8, 4) is 5.75 Å². The molecule has 8 heteroatoms. The number of rotatable bonds is 6. The van der Waals surface area contributed by atoms with Gasteiger partial charge in [-0.15, -0.1) is 0 Å². The number of nitrogens with zero attached hydrogens (tertiary/aromatic N) is 2. The first-order chi connectivity index (χ1) is 14.7. The number of carbonyl (C=O) groups excluding carboxylic acids is 2.